The predicted molar refractivity (Wildman–Crippen MR) is 142 cm³/mol. The maximum absolute atomic E-state index is 13.7. The third-order valence-electron chi connectivity index (χ3n) is 6.12. The van der Waals surface area contributed by atoms with Crippen molar-refractivity contribution in [2.75, 3.05) is 24.4 Å². The first kappa shape index (κ1) is 27.9. The molecule has 0 saturated carbocycles. The summed E-state index contributed by atoms with van der Waals surface area (Å²) >= 11 is 0. The normalized spacial score (nSPS) is 12.0. The second-order valence-electron chi connectivity index (χ2n) is 8.66. The van der Waals surface area contributed by atoms with Crippen molar-refractivity contribution in [1.82, 2.24) is 10.2 Å². The lowest BCUT2D eigenvalue weighted by Gasteiger charge is -2.33. The molecule has 7 nitrogen and oxygen atoms in total. The second-order valence-corrected chi connectivity index (χ2v) is 10.5. The van der Waals surface area contributed by atoms with E-state index >= 15 is 0 Å². The molecule has 37 heavy (non-hydrogen) atoms. The number of halogens is 1. The highest BCUT2D eigenvalue weighted by molar-refractivity contribution is 7.92. The van der Waals surface area contributed by atoms with Gasteiger partial charge in [-0.25, -0.2) is 12.8 Å². The zero-order valence-corrected chi connectivity index (χ0v) is 22.0. The molecule has 1 N–H and O–H groups in total. The molecule has 0 heterocycles. The summed E-state index contributed by atoms with van der Waals surface area (Å²) in [7, 11) is -2.68. The van der Waals surface area contributed by atoms with Gasteiger partial charge in [0, 0.05) is 13.6 Å². The summed E-state index contributed by atoms with van der Waals surface area (Å²) in [5, 5.41) is 2.60. The van der Waals surface area contributed by atoms with Crippen LogP contribution >= 0.6 is 0 Å². The van der Waals surface area contributed by atoms with E-state index in [0.717, 1.165) is 27.6 Å². The fourth-order valence-corrected chi connectivity index (χ4v) is 5.45. The largest absolute Gasteiger partial charge is 0.357 e. The third-order valence-corrected chi connectivity index (χ3v) is 7.91. The van der Waals surface area contributed by atoms with Crippen LogP contribution in [-0.4, -0.2) is 51.3 Å². The number of hydrogen-bond donors (Lipinski definition) is 1. The molecule has 0 saturated heterocycles. The van der Waals surface area contributed by atoms with Crippen molar-refractivity contribution >= 4 is 27.5 Å². The number of hydrogen-bond acceptors (Lipinski definition) is 4. The van der Waals surface area contributed by atoms with Gasteiger partial charge in [0.1, 0.15) is 18.4 Å². The molecule has 196 valence electrons. The van der Waals surface area contributed by atoms with E-state index in [0.29, 0.717) is 12.8 Å². The Kier molecular flexibility index (Phi) is 9.41. The van der Waals surface area contributed by atoms with E-state index in [2.05, 4.69) is 5.32 Å². The second kappa shape index (κ2) is 12.5. The van der Waals surface area contributed by atoms with Crippen molar-refractivity contribution in [3.8, 4) is 0 Å². The Balaban J connectivity index is 1.99. The van der Waals surface area contributed by atoms with Gasteiger partial charge in [-0.05, 0) is 61.7 Å². The number of amides is 2. The van der Waals surface area contributed by atoms with Crippen LogP contribution in [-0.2, 0) is 26.0 Å². The van der Waals surface area contributed by atoms with Gasteiger partial charge in [-0.1, -0.05) is 55.0 Å². The zero-order chi connectivity index (χ0) is 27.0. The summed E-state index contributed by atoms with van der Waals surface area (Å²) < 4.78 is 42.0. The number of benzene rings is 3. The summed E-state index contributed by atoms with van der Waals surface area (Å²) in [4.78, 5) is 27.8. The van der Waals surface area contributed by atoms with E-state index in [4.69, 9.17) is 0 Å². The predicted octanol–water partition coefficient (Wildman–Crippen LogP) is 3.93. The minimum atomic E-state index is -4.17. The number of sulfonamides is 1. The Labute approximate surface area is 218 Å². The van der Waals surface area contributed by atoms with Crippen LogP contribution in [0, 0.1) is 12.7 Å². The van der Waals surface area contributed by atoms with E-state index in [1.54, 1.807) is 19.1 Å². The van der Waals surface area contributed by atoms with Crippen molar-refractivity contribution in [2.24, 2.45) is 0 Å². The van der Waals surface area contributed by atoms with Crippen molar-refractivity contribution in [3.63, 3.8) is 0 Å². The average Bonchev–Trinajstić information content (AvgIpc) is 2.90. The van der Waals surface area contributed by atoms with Gasteiger partial charge >= 0.3 is 0 Å². The van der Waals surface area contributed by atoms with Gasteiger partial charge in [0.15, 0.2) is 0 Å². The van der Waals surface area contributed by atoms with E-state index in [1.807, 2.05) is 37.3 Å². The summed E-state index contributed by atoms with van der Waals surface area (Å²) in [5.74, 6) is -1.40. The molecule has 0 aromatic heterocycles. The molecule has 1 unspecified atom stereocenters. The Morgan fingerprint density at radius 1 is 0.946 bits per heavy atom. The minimum Gasteiger partial charge on any atom is -0.357 e. The lowest BCUT2D eigenvalue weighted by molar-refractivity contribution is -0.139. The van der Waals surface area contributed by atoms with Gasteiger partial charge in [0.05, 0.1) is 10.6 Å². The van der Waals surface area contributed by atoms with Gasteiger partial charge in [-0.15, -0.1) is 0 Å². The van der Waals surface area contributed by atoms with Crippen molar-refractivity contribution in [3.05, 3.63) is 95.8 Å². The third kappa shape index (κ3) is 6.95. The molecule has 9 heteroatoms. The maximum Gasteiger partial charge on any atom is 0.264 e. The van der Waals surface area contributed by atoms with Crippen molar-refractivity contribution in [2.45, 2.75) is 37.6 Å². The molecule has 1 atom stereocenters. The quantitative estimate of drug-likeness (QED) is 0.411. The molecule has 3 aromatic rings. The molecule has 0 spiro atoms. The van der Waals surface area contributed by atoms with Gasteiger partial charge in [0.25, 0.3) is 10.0 Å². The van der Waals surface area contributed by atoms with E-state index in [9.17, 15) is 22.4 Å². The van der Waals surface area contributed by atoms with Crippen molar-refractivity contribution in [1.29, 1.82) is 0 Å². The molecule has 0 radical (unpaired) electrons. The number of aryl methyl sites for hydroxylation is 1. The molecule has 0 aliphatic rings. The summed E-state index contributed by atoms with van der Waals surface area (Å²) in [6.07, 6.45) is 0.836. The topological polar surface area (TPSA) is 86.8 Å². The number of carbonyl (C=O) groups excluding carboxylic acids is 2. The van der Waals surface area contributed by atoms with Crippen LogP contribution in [0.1, 0.15) is 24.5 Å². The summed E-state index contributed by atoms with van der Waals surface area (Å²) in [6, 6.07) is 19.9. The standard InChI is InChI=1S/C28H32FN3O4S/c1-4-26(28(34)30-3)31(19-18-22-8-6-5-7-9-22)27(33)20-32(24-14-12-23(29)13-15-24)37(35,36)25-16-10-21(2)11-17-25/h5-17,26H,4,18-20H2,1-3H3,(H,30,34). The van der Waals surface area contributed by atoms with Gasteiger partial charge < -0.3 is 10.2 Å². The van der Waals surface area contributed by atoms with Gasteiger partial charge in [-0.2, -0.15) is 0 Å². The maximum atomic E-state index is 13.7. The minimum absolute atomic E-state index is 0.00408. The van der Waals surface area contributed by atoms with E-state index in [1.165, 1.54) is 36.2 Å². The highest BCUT2D eigenvalue weighted by Crippen LogP contribution is 2.25. The molecule has 3 rings (SSSR count). The monoisotopic (exact) mass is 525 g/mol. The highest BCUT2D eigenvalue weighted by atomic mass is 32.2. The Morgan fingerprint density at radius 2 is 1.57 bits per heavy atom. The SMILES string of the molecule is CCC(C(=O)NC)N(CCc1ccccc1)C(=O)CN(c1ccc(F)cc1)S(=O)(=O)c1ccc(C)cc1. The molecular formula is C28H32FN3O4S. The van der Waals surface area contributed by atoms with Crippen LogP contribution in [0.2, 0.25) is 0 Å². The number of carbonyl (C=O) groups is 2. The van der Waals surface area contributed by atoms with Crippen LogP contribution < -0.4 is 9.62 Å². The van der Waals surface area contributed by atoms with Gasteiger partial charge in [0.2, 0.25) is 11.8 Å². The number of anilines is 1. The van der Waals surface area contributed by atoms with Crippen LogP contribution in [0.25, 0.3) is 0 Å². The van der Waals surface area contributed by atoms with Crippen LogP contribution in [0.15, 0.2) is 83.8 Å². The number of likely N-dealkylation sites (N-methyl/N-ethyl adjacent to an activating group) is 1. The molecule has 0 aliphatic heterocycles. The smallest absolute Gasteiger partial charge is 0.264 e. The Morgan fingerprint density at radius 3 is 2.14 bits per heavy atom. The fourth-order valence-electron chi connectivity index (χ4n) is 4.04. The summed E-state index contributed by atoms with van der Waals surface area (Å²) in [5.41, 5.74) is 2.01. The Bertz CT molecular complexity index is 1300. The summed E-state index contributed by atoms with van der Waals surface area (Å²) in [6.45, 7) is 3.30. The van der Waals surface area contributed by atoms with E-state index < -0.39 is 34.3 Å². The number of nitrogens with zero attached hydrogens (tertiary/aromatic N) is 2. The molecular weight excluding hydrogens is 493 g/mol. The first-order valence-corrected chi connectivity index (χ1v) is 13.5. The average molecular weight is 526 g/mol. The number of nitrogens with one attached hydrogen (secondary N) is 1. The first-order valence-electron chi connectivity index (χ1n) is 12.1. The fraction of sp³-hybridized carbons (Fsp3) is 0.286. The Hall–Kier alpha value is -3.72. The molecule has 0 fully saturated rings. The lowest BCUT2D eigenvalue weighted by Crippen LogP contribution is -2.52. The first-order chi connectivity index (χ1) is 17.7. The van der Waals surface area contributed by atoms with Crippen LogP contribution in [0.5, 0.6) is 0 Å². The molecule has 0 bridgehead atoms. The molecule has 0 aliphatic carbocycles. The molecule has 3 aromatic carbocycles. The lowest BCUT2D eigenvalue weighted by atomic mass is 10.1. The van der Waals surface area contributed by atoms with Crippen LogP contribution in [0.3, 0.4) is 0 Å². The van der Waals surface area contributed by atoms with Crippen LogP contribution in [0.4, 0.5) is 10.1 Å². The highest BCUT2D eigenvalue weighted by Gasteiger charge is 2.33. The number of rotatable bonds is 11. The van der Waals surface area contributed by atoms with Gasteiger partial charge in [-0.3, -0.25) is 13.9 Å². The van der Waals surface area contributed by atoms with E-state index in [-0.39, 0.29) is 23.0 Å². The zero-order valence-electron chi connectivity index (χ0n) is 21.2. The molecule has 2 amide bonds. The van der Waals surface area contributed by atoms with Crippen molar-refractivity contribution < 1.29 is 22.4 Å².